The molecular weight excluding hydrogens is 232 g/mol. The molecule has 5 nitrogen and oxygen atoms in total. The van der Waals surface area contributed by atoms with Crippen LogP contribution in [0, 0.1) is 0 Å². The zero-order valence-corrected chi connectivity index (χ0v) is 11.2. The van der Waals surface area contributed by atoms with Crippen LogP contribution in [-0.2, 0) is 11.2 Å². The number of rotatable bonds is 5. The van der Waals surface area contributed by atoms with E-state index in [1.54, 1.807) is 0 Å². The number of nitrogens with zero attached hydrogens (tertiary/aromatic N) is 2. The standard InChI is InChI=1S/C13H20N2O3/c1-14(2)10-6-5-9(7-11(10)15(3)4)8-12(16)13(17)18/h5-7,12,16H,8H2,1-4H3,(H,17,18). The Hall–Kier alpha value is -1.75. The van der Waals surface area contributed by atoms with Gasteiger partial charge in [0.2, 0.25) is 0 Å². The lowest BCUT2D eigenvalue weighted by atomic mass is 10.1. The number of hydrogen-bond donors (Lipinski definition) is 2. The van der Waals surface area contributed by atoms with Gasteiger partial charge in [-0.1, -0.05) is 6.07 Å². The minimum Gasteiger partial charge on any atom is -0.479 e. The molecular formula is C13H20N2O3. The Labute approximate surface area is 107 Å². The number of carboxylic acids is 1. The summed E-state index contributed by atoms with van der Waals surface area (Å²) in [5.74, 6) is -1.20. The zero-order chi connectivity index (χ0) is 13.9. The summed E-state index contributed by atoms with van der Waals surface area (Å²) in [6.07, 6.45) is -1.24. The van der Waals surface area contributed by atoms with E-state index in [0.717, 1.165) is 16.9 Å². The summed E-state index contributed by atoms with van der Waals surface area (Å²) in [6, 6.07) is 5.68. The maximum Gasteiger partial charge on any atom is 0.332 e. The predicted molar refractivity (Wildman–Crippen MR) is 72.4 cm³/mol. The number of benzene rings is 1. The third kappa shape index (κ3) is 3.37. The molecule has 0 aliphatic carbocycles. The van der Waals surface area contributed by atoms with E-state index in [0.29, 0.717) is 0 Å². The Morgan fingerprint density at radius 1 is 1.17 bits per heavy atom. The molecule has 0 fully saturated rings. The van der Waals surface area contributed by atoms with E-state index in [1.807, 2.05) is 56.2 Å². The third-order valence-corrected chi connectivity index (χ3v) is 2.72. The molecule has 0 aromatic heterocycles. The third-order valence-electron chi connectivity index (χ3n) is 2.72. The second-order valence-electron chi connectivity index (χ2n) is 4.67. The molecule has 0 amide bonds. The van der Waals surface area contributed by atoms with Crippen molar-refractivity contribution in [2.75, 3.05) is 38.0 Å². The van der Waals surface area contributed by atoms with Crippen LogP contribution in [0.15, 0.2) is 18.2 Å². The summed E-state index contributed by atoms with van der Waals surface area (Å²) in [6.45, 7) is 0. The first kappa shape index (κ1) is 14.3. The molecule has 0 spiro atoms. The molecule has 5 heteroatoms. The fourth-order valence-electron chi connectivity index (χ4n) is 1.74. The van der Waals surface area contributed by atoms with Crippen molar-refractivity contribution in [3.05, 3.63) is 23.8 Å². The van der Waals surface area contributed by atoms with E-state index in [9.17, 15) is 9.90 Å². The highest BCUT2D eigenvalue weighted by Crippen LogP contribution is 2.28. The smallest absolute Gasteiger partial charge is 0.332 e. The first-order valence-electron chi connectivity index (χ1n) is 5.71. The van der Waals surface area contributed by atoms with Crippen molar-refractivity contribution in [1.29, 1.82) is 0 Å². The molecule has 0 aliphatic rings. The van der Waals surface area contributed by atoms with Crippen LogP contribution < -0.4 is 9.80 Å². The van der Waals surface area contributed by atoms with Gasteiger partial charge in [-0.05, 0) is 17.7 Å². The van der Waals surface area contributed by atoms with Crippen LogP contribution in [0.25, 0.3) is 0 Å². The van der Waals surface area contributed by atoms with Gasteiger partial charge >= 0.3 is 5.97 Å². The van der Waals surface area contributed by atoms with Crippen molar-refractivity contribution in [2.24, 2.45) is 0 Å². The highest BCUT2D eigenvalue weighted by atomic mass is 16.4. The molecule has 0 aliphatic heterocycles. The largest absolute Gasteiger partial charge is 0.479 e. The summed E-state index contributed by atoms with van der Waals surface area (Å²) in [4.78, 5) is 14.6. The van der Waals surface area contributed by atoms with Crippen LogP contribution in [0.5, 0.6) is 0 Å². The second-order valence-corrected chi connectivity index (χ2v) is 4.67. The molecule has 0 saturated heterocycles. The van der Waals surface area contributed by atoms with Crippen molar-refractivity contribution in [1.82, 2.24) is 0 Å². The Morgan fingerprint density at radius 3 is 2.17 bits per heavy atom. The summed E-state index contributed by atoms with van der Waals surface area (Å²) in [5.41, 5.74) is 2.85. The zero-order valence-electron chi connectivity index (χ0n) is 11.2. The van der Waals surface area contributed by atoms with Gasteiger partial charge in [-0.3, -0.25) is 0 Å². The van der Waals surface area contributed by atoms with Gasteiger partial charge in [0.25, 0.3) is 0 Å². The van der Waals surface area contributed by atoms with E-state index in [-0.39, 0.29) is 6.42 Å². The van der Waals surface area contributed by atoms with Gasteiger partial charge in [-0.25, -0.2) is 4.79 Å². The molecule has 1 aromatic rings. The van der Waals surface area contributed by atoms with E-state index >= 15 is 0 Å². The molecule has 1 aromatic carbocycles. The number of hydrogen-bond acceptors (Lipinski definition) is 4. The molecule has 100 valence electrons. The van der Waals surface area contributed by atoms with Crippen molar-refractivity contribution in [3.63, 3.8) is 0 Å². The monoisotopic (exact) mass is 252 g/mol. The number of aliphatic hydroxyl groups excluding tert-OH is 1. The van der Waals surface area contributed by atoms with E-state index in [1.165, 1.54) is 0 Å². The lowest BCUT2D eigenvalue weighted by molar-refractivity contribution is -0.146. The number of anilines is 2. The van der Waals surface area contributed by atoms with Gasteiger partial charge in [0.05, 0.1) is 11.4 Å². The SMILES string of the molecule is CN(C)c1ccc(CC(O)C(=O)O)cc1N(C)C. The quantitative estimate of drug-likeness (QED) is 0.812. The number of carbonyl (C=O) groups is 1. The first-order valence-corrected chi connectivity index (χ1v) is 5.71. The summed E-state index contributed by atoms with van der Waals surface area (Å²) in [5, 5.41) is 18.1. The number of carboxylic acid groups (broad SMARTS) is 1. The molecule has 2 N–H and O–H groups in total. The van der Waals surface area contributed by atoms with Gasteiger partial charge in [-0.15, -0.1) is 0 Å². The Morgan fingerprint density at radius 2 is 1.72 bits per heavy atom. The molecule has 1 unspecified atom stereocenters. The highest BCUT2D eigenvalue weighted by molar-refractivity contribution is 5.74. The molecule has 0 radical (unpaired) electrons. The molecule has 1 atom stereocenters. The van der Waals surface area contributed by atoms with Gasteiger partial charge in [0.1, 0.15) is 0 Å². The molecule has 0 bridgehead atoms. The Balaban J connectivity index is 3.04. The van der Waals surface area contributed by atoms with E-state index in [2.05, 4.69) is 0 Å². The lowest BCUT2D eigenvalue weighted by Gasteiger charge is -2.23. The van der Waals surface area contributed by atoms with Crippen molar-refractivity contribution in [3.8, 4) is 0 Å². The second kappa shape index (κ2) is 5.73. The van der Waals surface area contributed by atoms with Gasteiger partial charge in [0, 0.05) is 34.6 Å². The molecule has 0 heterocycles. The number of aliphatic hydroxyl groups is 1. The van der Waals surface area contributed by atoms with Crippen molar-refractivity contribution < 1.29 is 15.0 Å². The van der Waals surface area contributed by atoms with Gasteiger partial charge < -0.3 is 20.0 Å². The predicted octanol–water partition coefficient (Wildman–Crippen LogP) is 0.807. The van der Waals surface area contributed by atoms with Crippen molar-refractivity contribution >= 4 is 17.3 Å². The summed E-state index contributed by atoms with van der Waals surface area (Å²) < 4.78 is 0. The molecule has 18 heavy (non-hydrogen) atoms. The summed E-state index contributed by atoms with van der Waals surface area (Å²) in [7, 11) is 7.77. The molecule has 1 rings (SSSR count). The van der Waals surface area contributed by atoms with Crippen LogP contribution in [0.4, 0.5) is 11.4 Å². The average molecular weight is 252 g/mol. The van der Waals surface area contributed by atoms with Crippen LogP contribution in [0.3, 0.4) is 0 Å². The topological polar surface area (TPSA) is 64.0 Å². The minimum absolute atomic E-state index is 0.115. The number of aliphatic carboxylic acids is 1. The highest BCUT2D eigenvalue weighted by Gasteiger charge is 2.15. The first-order chi connectivity index (χ1) is 8.32. The minimum atomic E-state index is -1.36. The lowest BCUT2D eigenvalue weighted by Crippen LogP contribution is -2.22. The fourth-order valence-corrected chi connectivity index (χ4v) is 1.74. The van der Waals surface area contributed by atoms with Crippen molar-refractivity contribution in [2.45, 2.75) is 12.5 Å². The van der Waals surface area contributed by atoms with Crippen LogP contribution in [-0.4, -0.2) is 50.5 Å². The van der Waals surface area contributed by atoms with Crippen LogP contribution in [0.2, 0.25) is 0 Å². The van der Waals surface area contributed by atoms with Gasteiger partial charge in [-0.2, -0.15) is 0 Å². The molecule has 0 saturated carbocycles. The normalized spacial score (nSPS) is 12.1. The Bertz CT molecular complexity index is 430. The maximum absolute atomic E-state index is 10.6. The van der Waals surface area contributed by atoms with Crippen LogP contribution >= 0.6 is 0 Å². The van der Waals surface area contributed by atoms with E-state index < -0.39 is 12.1 Å². The van der Waals surface area contributed by atoms with Gasteiger partial charge in [0.15, 0.2) is 6.10 Å². The maximum atomic E-state index is 10.6. The van der Waals surface area contributed by atoms with Crippen LogP contribution in [0.1, 0.15) is 5.56 Å². The summed E-state index contributed by atoms with van der Waals surface area (Å²) >= 11 is 0. The fraction of sp³-hybridized carbons (Fsp3) is 0.462. The van der Waals surface area contributed by atoms with E-state index in [4.69, 9.17) is 5.11 Å². The Kier molecular flexibility index (Phi) is 4.55. The average Bonchev–Trinajstić information content (AvgIpc) is 2.28.